The Morgan fingerprint density at radius 1 is 1.27 bits per heavy atom. The van der Waals surface area contributed by atoms with Crippen molar-refractivity contribution in [3.05, 3.63) is 35.0 Å². The summed E-state index contributed by atoms with van der Waals surface area (Å²) in [6.07, 6.45) is 0. The Kier molecular flexibility index (Phi) is 4.61. The van der Waals surface area contributed by atoms with E-state index in [1.807, 2.05) is 20.8 Å². The van der Waals surface area contributed by atoms with Crippen LogP contribution in [0.25, 0.3) is 0 Å². The minimum absolute atomic E-state index is 0.181. The average Bonchev–Trinajstić information content (AvgIpc) is 2.87. The molecule has 0 aliphatic rings. The third-order valence-corrected chi connectivity index (χ3v) is 3.14. The van der Waals surface area contributed by atoms with Gasteiger partial charge in [-0.15, -0.1) is 0 Å². The van der Waals surface area contributed by atoms with Crippen molar-refractivity contribution in [2.45, 2.75) is 26.2 Å². The minimum Gasteiger partial charge on any atom is -0.495 e. The zero-order valence-electron chi connectivity index (χ0n) is 12.9. The van der Waals surface area contributed by atoms with Crippen molar-refractivity contribution in [3.63, 3.8) is 0 Å². The van der Waals surface area contributed by atoms with Crippen LogP contribution in [-0.2, 0) is 5.41 Å². The number of rotatable bonds is 3. The number of carbonyl (C=O) groups excluding carboxylic acids is 1. The van der Waals surface area contributed by atoms with Crippen LogP contribution in [0, 0.1) is 0 Å². The number of ether oxygens (including phenoxy) is 1. The number of nitrogens with one attached hydrogen (secondary N) is 2. The summed E-state index contributed by atoms with van der Waals surface area (Å²) in [6, 6.07) is 6.18. The fraction of sp³-hybridized carbons (Fsp3) is 0.333. The molecule has 0 aliphatic heterocycles. The van der Waals surface area contributed by atoms with E-state index in [0.29, 0.717) is 28.0 Å². The molecular weight excluding hydrogens is 306 g/mol. The fourth-order valence-corrected chi connectivity index (χ4v) is 1.91. The highest BCUT2D eigenvalue weighted by Gasteiger charge is 2.20. The lowest BCUT2D eigenvalue weighted by atomic mass is 9.93. The third kappa shape index (κ3) is 3.92. The second-order valence-corrected chi connectivity index (χ2v) is 6.19. The van der Waals surface area contributed by atoms with Gasteiger partial charge in [0.05, 0.1) is 12.8 Å². The fourth-order valence-electron chi connectivity index (χ4n) is 1.74. The second-order valence-electron chi connectivity index (χ2n) is 5.75. The zero-order chi connectivity index (χ0) is 16.3. The Morgan fingerprint density at radius 3 is 2.59 bits per heavy atom. The van der Waals surface area contributed by atoms with E-state index in [1.54, 1.807) is 24.3 Å². The molecule has 1 aromatic carbocycles. The van der Waals surface area contributed by atoms with Crippen molar-refractivity contribution in [1.29, 1.82) is 0 Å². The van der Waals surface area contributed by atoms with Gasteiger partial charge in [-0.05, 0) is 18.2 Å². The average molecular weight is 324 g/mol. The highest BCUT2D eigenvalue weighted by atomic mass is 35.5. The van der Waals surface area contributed by atoms with E-state index in [-0.39, 0.29) is 5.41 Å². The number of methoxy groups -OCH3 is 1. The summed E-state index contributed by atoms with van der Waals surface area (Å²) in [4.78, 5) is 12.0. The molecule has 2 rings (SSSR count). The van der Waals surface area contributed by atoms with E-state index in [2.05, 4.69) is 15.8 Å². The van der Waals surface area contributed by atoms with Gasteiger partial charge in [-0.3, -0.25) is 5.32 Å². The number of hydrogen-bond donors (Lipinski definition) is 2. The van der Waals surface area contributed by atoms with Crippen molar-refractivity contribution in [2.24, 2.45) is 0 Å². The highest BCUT2D eigenvalue weighted by molar-refractivity contribution is 6.31. The molecule has 2 amide bonds. The smallest absolute Gasteiger partial charge is 0.325 e. The van der Waals surface area contributed by atoms with Crippen molar-refractivity contribution in [2.75, 3.05) is 17.7 Å². The molecule has 0 fully saturated rings. The van der Waals surface area contributed by atoms with Crippen LogP contribution in [0.4, 0.5) is 16.3 Å². The Morgan fingerprint density at radius 2 is 2.00 bits per heavy atom. The maximum atomic E-state index is 12.0. The van der Waals surface area contributed by atoms with Gasteiger partial charge >= 0.3 is 6.03 Å². The Balaban J connectivity index is 2.07. The van der Waals surface area contributed by atoms with Crippen LogP contribution >= 0.6 is 11.6 Å². The molecule has 0 atom stereocenters. The van der Waals surface area contributed by atoms with Crippen molar-refractivity contribution in [3.8, 4) is 5.75 Å². The molecule has 22 heavy (non-hydrogen) atoms. The van der Waals surface area contributed by atoms with Gasteiger partial charge in [-0.1, -0.05) is 37.5 Å². The summed E-state index contributed by atoms with van der Waals surface area (Å²) in [7, 11) is 1.51. The van der Waals surface area contributed by atoms with E-state index in [4.69, 9.17) is 20.9 Å². The molecule has 6 nitrogen and oxygen atoms in total. The first kappa shape index (κ1) is 16.2. The van der Waals surface area contributed by atoms with Crippen molar-refractivity contribution >= 4 is 29.1 Å². The van der Waals surface area contributed by atoms with E-state index >= 15 is 0 Å². The van der Waals surface area contributed by atoms with E-state index in [0.717, 1.165) is 0 Å². The van der Waals surface area contributed by atoms with Gasteiger partial charge in [0, 0.05) is 16.5 Å². The number of urea groups is 1. The van der Waals surface area contributed by atoms with Crippen LogP contribution in [0.3, 0.4) is 0 Å². The lowest BCUT2D eigenvalue weighted by Gasteiger charge is -2.12. The number of anilines is 2. The molecule has 7 heteroatoms. The molecule has 0 saturated heterocycles. The summed E-state index contributed by atoms with van der Waals surface area (Å²) < 4.78 is 10.4. The number of hydrogen-bond acceptors (Lipinski definition) is 4. The Labute approximate surface area is 133 Å². The maximum absolute atomic E-state index is 12.0. The molecule has 1 heterocycles. The predicted octanol–water partition coefficient (Wildman–Crippen LogP) is 4.28. The molecule has 2 N–H and O–H groups in total. The number of halogens is 1. The van der Waals surface area contributed by atoms with Gasteiger partial charge in [0.15, 0.2) is 5.82 Å². The second kappa shape index (κ2) is 6.27. The van der Waals surface area contributed by atoms with Crippen LogP contribution in [-0.4, -0.2) is 18.3 Å². The molecule has 0 bridgehead atoms. The molecule has 0 spiro atoms. The standard InChI is InChI=1S/C15H18ClN3O3/c1-15(2,3)12-8-13(19-22-12)18-14(20)17-10-7-9(16)5-6-11(10)21-4/h5-8H,1-4H3,(H2,17,18,19,20). The summed E-state index contributed by atoms with van der Waals surface area (Å²) in [5.74, 6) is 1.53. The third-order valence-electron chi connectivity index (χ3n) is 2.90. The van der Waals surface area contributed by atoms with Crippen LogP contribution in [0.1, 0.15) is 26.5 Å². The summed E-state index contributed by atoms with van der Waals surface area (Å²) in [5, 5.41) is 9.57. The minimum atomic E-state index is -0.464. The summed E-state index contributed by atoms with van der Waals surface area (Å²) in [6.45, 7) is 5.98. The first-order chi connectivity index (χ1) is 10.3. The molecule has 0 aliphatic carbocycles. The normalized spacial score (nSPS) is 11.1. The first-order valence-corrected chi connectivity index (χ1v) is 7.06. The van der Waals surface area contributed by atoms with Gasteiger partial charge in [0.25, 0.3) is 0 Å². The number of carbonyl (C=O) groups is 1. The van der Waals surface area contributed by atoms with E-state index in [9.17, 15) is 4.79 Å². The van der Waals surface area contributed by atoms with E-state index < -0.39 is 6.03 Å². The van der Waals surface area contributed by atoms with Crippen molar-refractivity contribution < 1.29 is 14.1 Å². The first-order valence-electron chi connectivity index (χ1n) is 6.68. The summed E-state index contributed by atoms with van der Waals surface area (Å²) >= 11 is 5.92. The zero-order valence-corrected chi connectivity index (χ0v) is 13.6. The monoisotopic (exact) mass is 323 g/mol. The quantitative estimate of drug-likeness (QED) is 0.884. The lowest BCUT2D eigenvalue weighted by molar-refractivity contribution is 0.261. The SMILES string of the molecule is COc1ccc(Cl)cc1NC(=O)Nc1cc(C(C)(C)C)on1. The van der Waals surface area contributed by atoms with Crippen molar-refractivity contribution in [1.82, 2.24) is 5.16 Å². The molecule has 1 aromatic heterocycles. The molecule has 0 unspecified atom stereocenters. The van der Waals surface area contributed by atoms with Crippen LogP contribution in [0.2, 0.25) is 5.02 Å². The van der Waals surface area contributed by atoms with Gasteiger partial charge in [-0.2, -0.15) is 0 Å². The number of aromatic nitrogens is 1. The molecule has 0 radical (unpaired) electrons. The molecule has 118 valence electrons. The molecule has 0 saturated carbocycles. The summed E-state index contributed by atoms with van der Waals surface area (Å²) in [5.41, 5.74) is 0.284. The number of amides is 2. The van der Waals surface area contributed by atoms with Crippen LogP contribution in [0.15, 0.2) is 28.8 Å². The van der Waals surface area contributed by atoms with Gasteiger partial charge in [0.2, 0.25) is 0 Å². The number of nitrogens with zero attached hydrogens (tertiary/aromatic N) is 1. The highest BCUT2D eigenvalue weighted by Crippen LogP contribution is 2.28. The number of benzene rings is 1. The lowest BCUT2D eigenvalue weighted by Crippen LogP contribution is -2.20. The van der Waals surface area contributed by atoms with Gasteiger partial charge in [0.1, 0.15) is 11.5 Å². The van der Waals surface area contributed by atoms with Gasteiger partial charge < -0.3 is 14.6 Å². The van der Waals surface area contributed by atoms with E-state index in [1.165, 1.54) is 7.11 Å². The largest absolute Gasteiger partial charge is 0.495 e. The van der Waals surface area contributed by atoms with Crippen LogP contribution < -0.4 is 15.4 Å². The topological polar surface area (TPSA) is 76.4 Å². The molecular formula is C15H18ClN3O3. The van der Waals surface area contributed by atoms with Gasteiger partial charge in [-0.25, -0.2) is 4.79 Å². The van der Waals surface area contributed by atoms with Crippen LogP contribution in [0.5, 0.6) is 5.75 Å². The predicted molar refractivity (Wildman–Crippen MR) is 85.8 cm³/mol. The maximum Gasteiger partial charge on any atom is 0.325 e. The Bertz CT molecular complexity index is 677. The Hall–Kier alpha value is -2.21. The molecule has 2 aromatic rings.